The predicted molar refractivity (Wildman–Crippen MR) is 132 cm³/mol. The van der Waals surface area contributed by atoms with Crippen LogP contribution in [0.15, 0.2) is 79.1 Å². The molecule has 1 N–H and O–H groups in total. The van der Waals surface area contributed by atoms with Crippen LogP contribution in [0, 0.1) is 5.82 Å². The summed E-state index contributed by atoms with van der Waals surface area (Å²) >= 11 is 0. The van der Waals surface area contributed by atoms with E-state index >= 15 is 0 Å². The van der Waals surface area contributed by atoms with Crippen molar-refractivity contribution in [3.8, 4) is 0 Å². The molecular formula is C28H32FN3O2. The number of hydrogen-bond donors (Lipinski definition) is 1. The molecular weight excluding hydrogens is 429 g/mol. The maximum Gasteiger partial charge on any atom is 0.231 e. The average molecular weight is 462 g/mol. The minimum Gasteiger partial charge on any atom is -0.352 e. The molecule has 0 radical (unpaired) electrons. The molecule has 1 heterocycles. The van der Waals surface area contributed by atoms with E-state index in [0.717, 1.165) is 11.1 Å². The number of aromatic nitrogens is 1. The van der Waals surface area contributed by atoms with E-state index < -0.39 is 11.8 Å². The Morgan fingerprint density at radius 3 is 2.26 bits per heavy atom. The molecule has 0 bridgehead atoms. The number of nitrogens with zero attached hydrogens (tertiary/aromatic N) is 2. The van der Waals surface area contributed by atoms with Gasteiger partial charge in [0.15, 0.2) is 0 Å². The lowest BCUT2D eigenvalue weighted by Crippen LogP contribution is -2.42. The molecule has 178 valence electrons. The Bertz CT molecular complexity index is 1070. The zero-order chi connectivity index (χ0) is 24.5. The molecule has 5 nitrogen and oxygen atoms in total. The monoisotopic (exact) mass is 461 g/mol. The molecule has 2 unspecified atom stereocenters. The largest absolute Gasteiger partial charge is 0.352 e. The highest BCUT2D eigenvalue weighted by Crippen LogP contribution is 2.37. The van der Waals surface area contributed by atoms with Crippen LogP contribution in [0.2, 0.25) is 0 Å². The first-order valence-electron chi connectivity index (χ1n) is 11.7. The fourth-order valence-corrected chi connectivity index (χ4v) is 4.30. The van der Waals surface area contributed by atoms with E-state index in [1.54, 1.807) is 30.6 Å². The van der Waals surface area contributed by atoms with Crippen LogP contribution >= 0.6 is 0 Å². The van der Waals surface area contributed by atoms with Crippen LogP contribution in [-0.4, -0.2) is 34.3 Å². The highest BCUT2D eigenvalue weighted by atomic mass is 19.1. The topological polar surface area (TPSA) is 62.3 Å². The minimum atomic E-state index is -0.585. The van der Waals surface area contributed by atoms with E-state index in [2.05, 4.69) is 10.3 Å². The molecule has 2 atom stereocenters. The molecule has 0 aliphatic rings. The lowest BCUT2D eigenvalue weighted by atomic mass is 9.78. The summed E-state index contributed by atoms with van der Waals surface area (Å²) in [5, 5.41) is 2.83. The van der Waals surface area contributed by atoms with Crippen LogP contribution in [0.25, 0.3) is 0 Å². The lowest BCUT2D eigenvalue weighted by Gasteiger charge is -2.34. The van der Waals surface area contributed by atoms with Crippen molar-refractivity contribution in [1.29, 1.82) is 0 Å². The Labute approximate surface area is 201 Å². The predicted octanol–water partition coefficient (Wildman–Crippen LogP) is 5.05. The smallest absolute Gasteiger partial charge is 0.231 e. The second kappa shape index (κ2) is 12.1. The Morgan fingerprint density at radius 1 is 0.971 bits per heavy atom. The molecule has 0 aliphatic carbocycles. The molecule has 3 aromatic rings. The van der Waals surface area contributed by atoms with E-state index in [0.29, 0.717) is 12.1 Å². The number of carbonyl (C=O) groups is 2. The van der Waals surface area contributed by atoms with Crippen molar-refractivity contribution in [3.63, 3.8) is 0 Å². The number of hydrogen-bond acceptors (Lipinski definition) is 3. The second-order valence-electron chi connectivity index (χ2n) is 8.57. The third-order valence-corrected chi connectivity index (χ3v) is 6.03. The molecule has 34 heavy (non-hydrogen) atoms. The van der Waals surface area contributed by atoms with Gasteiger partial charge >= 0.3 is 0 Å². The fraction of sp³-hybridized carbons (Fsp3) is 0.321. The van der Waals surface area contributed by atoms with Crippen molar-refractivity contribution in [2.75, 3.05) is 6.54 Å². The molecule has 6 heteroatoms. The van der Waals surface area contributed by atoms with Gasteiger partial charge in [0, 0.05) is 49.4 Å². The number of benzene rings is 2. The van der Waals surface area contributed by atoms with E-state index in [1.165, 1.54) is 6.07 Å². The highest BCUT2D eigenvalue weighted by molar-refractivity contribution is 5.87. The Balaban J connectivity index is 1.94. The van der Waals surface area contributed by atoms with Gasteiger partial charge in [-0.05, 0) is 44.0 Å². The van der Waals surface area contributed by atoms with E-state index in [-0.39, 0.29) is 36.6 Å². The molecule has 2 amide bonds. The average Bonchev–Trinajstić information content (AvgIpc) is 2.84. The number of rotatable bonds is 10. The molecule has 0 fully saturated rings. The summed E-state index contributed by atoms with van der Waals surface area (Å²) < 4.78 is 14.0. The van der Waals surface area contributed by atoms with Gasteiger partial charge in [-0.1, -0.05) is 54.6 Å². The van der Waals surface area contributed by atoms with E-state index in [1.807, 2.05) is 68.1 Å². The zero-order valence-corrected chi connectivity index (χ0v) is 19.9. The van der Waals surface area contributed by atoms with Crippen LogP contribution in [0.5, 0.6) is 0 Å². The van der Waals surface area contributed by atoms with Crippen LogP contribution in [0.4, 0.5) is 4.39 Å². The van der Waals surface area contributed by atoms with Gasteiger partial charge < -0.3 is 10.2 Å². The highest BCUT2D eigenvalue weighted by Gasteiger charge is 2.36. The van der Waals surface area contributed by atoms with Crippen molar-refractivity contribution in [2.24, 2.45) is 0 Å². The van der Waals surface area contributed by atoms with Crippen molar-refractivity contribution < 1.29 is 14.0 Å². The minimum absolute atomic E-state index is 0.0166. The fourth-order valence-electron chi connectivity index (χ4n) is 4.30. The van der Waals surface area contributed by atoms with Gasteiger partial charge in [0.05, 0.1) is 5.92 Å². The third-order valence-electron chi connectivity index (χ3n) is 6.03. The van der Waals surface area contributed by atoms with Crippen LogP contribution < -0.4 is 5.32 Å². The quantitative estimate of drug-likeness (QED) is 0.460. The van der Waals surface area contributed by atoms with Crippen LogP contribution in [0.3, 0.4) is 0 Å². The Hall–Kier alpha value is -3.54. The molecule has 3 rings (SSSR count). The third kappa shape index (κ3) is 6.28. The van der Waals surface area contributed by atoms with Gasteiger partial charge in [0.1, 0.15) is 5.82 Å². The van der Waals surface area contributed by atoms with Gasteiger partial charge in [0.25, 0.3) is 0 Å². The van der Waals surface area contributed by atoms with Crippen molar-refractivity contribution in [3.05, 3.63) is 102 Å². The molecule has 0 saturated carbocycles. The first kappa shape index (κ1) is 25.1. The van der Waals surface area contributed by atoms with E-state index in [9.17, 15) is 14.0 Å². The maximum absolute atomic E-state index is 14.0. The number of likely N-dealkylation sites (N-methyl/N-ethyl adjacent to an activating group) is 1. The van der Waals surface area contributed by atoms with Crippen LogP contribution in [0.1, 0.15) is 55.7 Å². The standard InChI is InChI=1S/C28H32FN3O2/c1-4-32(20(2)3)28(34)27(23-14-10-16-30-18-23)24(21-11-6-5-7-12-21)17-26(33)31-19-22-13-8-9-15-25(22)29/h5-16,18,20,24,27H,4,17,19H2,1-3H3,(H,31,33). The number of carbonyl (C=O) groups excluding carboxylic acids is 2. The first-order chi connectivity index (χ1) is 16.4. The van der Waals surface area contributed by atoms with Crippen molar-refractivity contribution >= 4 is 11.8 Å². The first-order valence-corrected chi connectivity index (χ1v) is 11.7. The molecule has 0 saturated heterocycles. The number of nitrogens with one attached hydrogen (secondary N) is 1. The molecule has 0 spiro atoms. The summed E-state index contributed by atoms with van der Waals surface area (Å²) in [6.45, 7) is 6.58. The van der Waals surface area contributed by atoms with Crippen molar-refractivity contribution in [2.45, 2.75) is 51.6 Å². The van der Waals surface area contributed by atoms with Gasteiger partial charge in [-0.25, -0.2) is 4.39 Å². The summed E-state index contributed by atoms with van der Waals surface area (Å²) in [4.78, 5) is 33.0. The number of amides is 2. The SMILES string of the molecule is CCN(C(=O)C(c1cccnc1)C(CC(=O)NCc1ccccc1F)c1ccccc1)C(C)C. The maximum atomic E-state index is 14.0. The molecule has 1 aromatic heterocycles. The summed E-state index contributed by atoms with van der Waals surface area (Å²) in [5.74, 6) is -1.64. The Morgan fingerprint density at radius 2 is 1.65 bits per heavy atom. The van der Waals surface area contributed by atoms with Crippen LogP contribution in [-0.2, 0) is 16.1 Å². The normalized spacial score (nSPS) is 12.7. The summed E-state index contributed by atoms with van der Waals surface area (Å²) in [5.41, 5.74) is 2.08. The van der Waals surface area contributed by atoms with Crippen molar-refractivity contribution in [1.82, 2.24) is 15.2 Å². The summed E-state index contributed by atoms with van der Waals surface area (Å²) in [7, 11) is 0. The Kier molecular flexibility index (Phi) is 8.91. The summed E-state index contributed by atoms with van der Waals surface area (Å²) in [6, 6.07) is 19.7. The molecule has 0 aliphatic heterocycles. The second-order valence-corrected chi connectivity index (χ2v) is 8.57. The number of pyridine rings is 1. The lowest BCUT2D eigenvalue weighted by molar-refractivity contribution is -0.135. The summed E-state index contributed by atoms with van der Waals surface area (Å²) in [6.07, 6.45) is 3.45. The molecule has 2 aromatic carbocycles. The van der Waals surface area contributed by atoms with Gasteiger partial charge in [0.2, 0.25) is 11.8 Å². The van der Waals surface area contributed by atoms with Gasteiger partial charge in [-0.15, -0.1) is 0 Å². The van der Waals surface area contributed by atoms with E-state index in [4.69, 9.17) is 0 Å². The number of halogens is 1. The van der Waals surface area contributed by atoms with Gasteiger partial charge in [-0.2, -0.15) is 0 Å². The van der Waals surface area contributed by atoms with Gasteiger partial charge in [-0.3, -0.25) is 14.6 Å². The zero-order valence-electron chi connectivity index (χ0n) is 19.9.